The number of benzene rings is 2. The molecule has 26 heavy (non-hydrogen) atoms. The number of rotatable bonds is 5. The number of nitrogens with one attached hydrogen (secondary N) is 1. The Morgan fingerprint density at radius 1 is 1.19 bits per heavy atom. The SMILES string of the molecule is COc1ccc(Cl)cc1NC(=O)CN(C)C(=O)c1cc2ccccc2o1. The standard InChI is InChI=1S/C19H17ClN2O4/c1-22(19(24)17-9-12-5-3-4-6-15(12)26-17)11-18(23)21-14-10-13(20)7-8-16(14)25-2/h3-10H,11H2,1-2H3,(H,21,23). The Balaban J connectivity index is 1.69. The molecule has 0 bridgehead atoms. The van der Waals surface area contributed by atoms with Gasteiger partial charge in [-0.05, 0) is 30.3 Å². The molecular formula is C19H17ClN2O4. The largest absolute Gasteiger partial charge is 0.495 e. The van der Waals surface area contributed by atoms with Gasteiger partial charge in [0.05, 0.1) is 19.3 Å². The van der Waals surface area contributed by atoms with E-state index in [1.165, 1.54) is 19.1 Å². The van der Waals surface area contributed by atoms with Crippen molar-refractivity contribution in [3.8, 4) is 5.75 Å². The number of likely N-dealkylation sites (N-methyl/N-ethyl adjacent to an activating group) is 1. The molecule has 3 rings (SSSR count). The van der Waals surface area contributed by atoms with Crippen molar-refractivity contribution in [3.05, 3.63) is 59.3 Å². The number of methoxy groups -OCH3 is 1. The molecule has 0 fully saturated rings. The predicted molar refractivity (Wildman–Crippen MR) is 99.8 cm³/mol. The quantitative estimate of drug-likeness (QED) is 0.739. The summed E-state index contributed by atoms with van der Waals surface area (Å²) in [5, 5.41) is 3.99. The van der Waals surface area contributed by atoms with E-state index in [1.54, 1.807) is 30.3 Å². The van der Waals surface area contributed by atoms with E-state index in [1.807, 2.05) is 18.2 Å². The summed E-state index contributed by atoms with van der Waals surface area (Å²) in [5.74, 6) is -0.0946. The second kappa shape index (κ2) is 7.49. The maximum atomic E-state index is 12.5. The predicted octanol–water partition coefficient (Wildman–Crippen LogP) is 3.81. The van der Waals surface area contributed by atoms with Crippen LogP contribution in [0.15, 0.2) is 52.9 Å². The number of furan rings is 1. The molecule has 1 heterocycles. The molecule has 0 aliphatic carbocycles. The fourth-order valence-corrected chi connectivity index (χ4v) is 2.70. The zero-order chi connectivity index (χ0) is 18.7. The molecule has 7 heteroatoms. The van der Waals surface area contributed by atoms with Crippen molar-refractivity contribution in [2.75, 3.05) is 26.0 Å². The molecular weight excluding hydrogens is 356 g/mol. The molecule has 6 nitrogen and oxygen atoms in total. The molecule has 1 N–H and O–H groups in total. The number of hydrogen-bond donors (Lipinski definition) is 1. The third kappa shape index (κ3) is 3.81. The Hall–Kier alpha value is -2.99. The minimum atomic E-state index is -0.380. The van der Waals surface area contributed by atoms with Crippen LogP contribution in [0, 0.1) is 0 Å². The number of carbonyl (C=O) groups is 2. The normalized spacial score (nSPS) is 10.6. The zero-order valence-corrected chi connectivity index (χ0v) is 15.0. The molecule has 0 saturated heterocycles. The molecule has 0 saturated carbocycles. The number of ether oxygens (including phenoxy) is 1. The lowest BCUT2D eigenvalue weighted by atomic mass is 10.2. The van der Waals surface area contributed by atoms with Crippen LogP contribution in [-0.4, -0.2) is 37.4 Å². The molecule has 0 aliphatic rings. The molecule has 0 atom stereocenters. The smallest absolute Gasteiger partial charge is 0.289 e. The van der Waals surface area contributed by atoms with Gasteiger partial charge in [-0.2, -0.15) is 0 Å². The fraction of sp³-hybridized carbons (Fsp3) is 0.158. The summed E-state index contributed by atoms with van der Waals surface area (Å²) in [6, 6.07) is 13.9. The van der Waals surface area contributed by atoms with E-state index < -0.39 is 0 Å². The first-order chi connectivity index (χ1) is 12.5. The highest BCUT2D eigenvalue weighted by Crippen LogP contribution is 2.27. The van der Waals surface area contributed by atoms with Gasteiger partial charge in [0.1, 0.15) is 11.3 Å². The van der Waals surface area contributed by atoms with Crippen molar-refractivity contribution in [3.63, 3.8) is 0 Å². The van der Waals surface area contributed by atoms with E-state index >= 15 is 0 Å². The van der Waals surface area contributed by atoms with Gasteiger partial charge in [-0.25, -0.2) is 0 Å². The highest BCUT2D eigenvalue weighted by Gasteiger charge is 2.19. The first-order valence-corrected chi connectivity index (χ1v) is 8.23. The Morgan fingerprint density at radius 3 is 2.69 bits per heavy atom. The minimum Gasteiger partial charge on any atom is -0.495 e. The average Bonchev–Trinajstić information content (AvgIpc) is 3.05. The maximum Gasteiger partial charge on any atom is 0.289 e. The number of hydrogen-bond acceptors (Lipinski definition) is 4. The summed E-state index contributed by atoms with van der Waals surface area (Å²) >= 11 is 5.95. The van der Waals surface area contributed by atoms with E-state index in [2.05, 4.69) is 5.32 Å². The molecule has 2 amide bonds. The van der Waals surface area contributed by atoms with Crippen LogP contribution < -0.4 is 10.1 Å². The average molecular weight is 373 g/mol. The molecule has 0 unspecified atom stereocenters. The summed E-state index contributed by atoms with van der Waals surface area (Å²) in [6.45, 7) is -0.147. The zero-order valence-electron chi connectivity index (χ0n) is 14.3. The molecule has 0 radical (unpaired) electrons. The number of amides is 2. The van der Waals surface area contributed by atoms with Crippen LogP contribution in [0.1, 0.15) is 10.6 Å². The van der Waals surface area contributed by atoms with Gasteiger partial charge in [-0.3, -0.25) is 9.59 Å². The van der Waals surface area contributed by atoms with Crippen molar-refractivity contribution >= 4 is 40.1 Å². The van der Waals surface area contributed by atoms with Gasteiger partial charge in [-0.15, -0.1) is 0 Å². The summed E-state index contributed by atoms with van der Waals surface area (Å²) in [6.07, 6.45) is 0. The maximum absolute atomic E-state index is 12.5. The monoisotopic (exact) mass is 372 g/mol. The summed E-state index contributed by atoms with van der Waals surface area (Å²) in [5.41, 5.74) is 1.06. The van der Waals surface area contributed by atoms with Crippen molar-refractivity contribution in [1.82, 2.24) is 4.90 Å². The van der Waals surface area contributed by atoms with E-state index in [0.717, 1.165) is 5.39 Å². The first kappa shape index (κ1) is 17.8. The summed E-state index contributed by atoms with van der Waals surface area (Å²) < 4.78 is 10.7. The number of nitrogens with zero attached hydrogens (tertiary/aromatic N) is 1. The lowest BCUT2D eigenvalue weighted by molar-refractivity contribution is -0.116. The first-order valence-electron chi connectivity index (χ1n) is 7.85. The summed E-state index contributed by atoms with van der Waals surface area (Å²) in [4.78, 5) is 26.0. The minimum absolute atomic E-state index is 0.147. The Morgan fingerprint density at radius 2 is 1.96 bits per heavy atom. The second-order valence-corrected chi connectivity index (χ2v) is 6.14. The van der Waals surface area contributed by atoms with Crippen LogP contribution in [0.3, 0.4) is 0 Å². The Kier molecular flexibility index (Phi) is 5.14. The highest BCUT2D eigenvalue weighted by molar-refractivity contribution is 6.31. The number of carbonyl (C=O) groups excluding carboxylic acids is 2. The number of anilines is 1. The van der Waals surface area contributed by atoms with Crippen LogP contribution in [0.2, 0.25) is 5.02 Å². The second-order valence-electron chi connectivity index (χ2n) is 5.70. The van der Waals surface area contributed by atoms with Gasteiger partial charge in [0, 0.05) is 17.5 Å². The molecule has 3 aromatic rings. The highest BCUT2D eigenvalue weighted by atomic mass is 35.5. The fourth-order valence-electron chi connectivity index (χ4n) is 2.53. The van der Waals surface area contributed by atoms with E-state index in [0.29, 0.717) is 22.0 Å². The molecule has 2 aromatic carbocycles. The lowest BCUT2D eigenvalue weighted by Crippen LogP contribution is -2.34. The van der Waals surface area contributed by atoms with Gasteiger partial charge >= 0.3 is 0 Å². The van der Waals surface area contributed by atoms with Gasteiger partial charge in [0.15, 0.2) is 5.76 Å². The van der Waals surface area contributed by atoms with Crippen molar-refractivity contribution in [2.45, 2.75) is 0 Å². The number of halogens is 1. The van der Waals surface area contributed by atoms with Gasteiger partial charge in [0.25, 0.3) is 5.91 Å². The van der Waals surface area contributed by atoms with Crippen molar-refractivity contribution in [1.29, 1.82) is 0 Å². The third-order valence-electron chi connectivity index (χ3n) is 3.80. The Bertz CT molecular complexity index is 934. The molecule has 134 valence electrons. The van der Waals surface area contributed by atoms with Crippen LogP contribution in [-0.2, 0) is 4.79 Å². The number of para-hydroxylation sites is 1. The van der Waals surface area contributed by atoms with Crippen LogP contribution in [0.5, 0.6) is 5.75 Å². The third-order valence-corrected chi connectivity index (χ3v) is 4.03. The number of fused-ring (bicyclic) bond motifs is 1. The van der Waals surface area contributed by atoms with Gasteiger partial charge in [0.2, 0.25) is 5.91 Å². The van der Waals surface area contributed by atoms with E-state index in [-0.39, 0.29) is 24.1 Å². The van der Waals surface area contributed by atoms with Crippen LogP contribution in [0.4, 0.5) is 5.69 Å². The summed E-state index contributed by atoms with van der Waals surface area (Å²) in [7, 11) is 3.03. The van der Waals surface area contributed by atoms with Crippen LogP contribution in [0.25, 0.3) is 11.0 Å². The Labute approximate surface area is 155 Å². The topological polar surface area (TPSA) is 71.8 Å². The lowest BCUT2D eigenvalue weighted by Gasteiger charge is -2.16. The van der Waals surface area contributed by atoms with Gasteiger partial charge in [-0.1, -0.05) is 29.8 Å². The van der Waals surface area contributed by atoms with Gasteiger partial charge < -0.3 is 19.4 Å². The molecule has 0 aliphatic heterocycles. The van der Waals surface area contributed by atoms with Crippen LogP contribution >= 0.6 is 11.6 Å². The molecule has 1 aromatic heterocycles. The van der Waals surface area contributed by atoms with Crippen molar-refractivity contribution < 1.29 is 18.7 Å². The van der Waals surface area contributed by atoms with E-state index in [9.17, 15) is 9.59 Å². The molecule has 0 spiro atoms. The van der Waals surface area contributed by atoms with Crippen molar-refractivity contribution in [2.24, 2.45) is 0 Å². The van der Waals surface area contributed by atoms with E-state index in [4.69, 9.17) is 20.8 Å².